The second-order valence-corrected chi connectivity index (χ2v) is 4.95. The van der Waals surface area contributed by atoms with Crippen LogP contribution in [0.4, 0.5) is 5.69 Å². The maximum Gasteiger partial charge on any atom is 0.232 e. The number of halogens is 2. The highest BCUT2D eigenvalue weighted by Gasteiger charge is 2.31. The molecule has 5 heteroatoms. The van der Waals surface area contributed by atoms with Gasteiger partial charge in [0, 0.05) is 23.0 Å². The van der Waals surface area contributed by atoms with Gasteiger partial charge in [-0.2, -0.15) is 0 Å². The summed E-state index contributed by atoms with van der Waals surface area (Å²) >= 11 is 11.5. The van der Waals surface area contributed by atoms with Crippen molar-refractivity contribution in [1.29, 1.82) is 0 Å². The van der Waals surface area contributed by atoms with Gasteiger partial charge in [-0.05, 0) is 38.1 Å². The van der Waals surface area contributed by atoms with Crippen LogP contribution in [0.3, 0.4) is 0 Å². The molecule has 98 valence electrons. The molecule has 0 aliphatic carbocycles. The van der Waals surface area contributed by atoms with Gasteiger partial charge in [0.2, 0.25) is 5.91 Å². The van der Waals surface area contributed by atoms with Gasteiger partial charge in [-0.25, -0.2) is 0 Å². The van der Waals surface area contributed by atoms with E-state index in [4.69, 9.17) is 23.2 Å². The van der Waals surface area contributed by atoms with E-state index in [1.807, 2.05) is 0 Å². The van der Waals surface area contributed by atoms with E-state index in [0.717, 1.165) is 0 Å². The van der Waals surface area contributed by atoms with Gasteiger partial charge < -0.3 is 5.32 Å². The second kappa shape index (κ2) is 6.21. The van der Waals surface area contributed by atoms with Crippen LogP contribution in [-0.2, 0) is 4.79 Å². The summed E-state index contributed by atoms with van der Waals surface area (Å²) in [4.78, 5) is 23.1. The monoisotopic (exact) mass is 287 g/mol. The number of hydrogen-bond donors (Lipinski definition) is 1. The normalized spacial score (nSPS) is 11.1. The summed E-state index contributed by atoms with van der Waals surface area (Å²) in [6, 6.07) is 6.68. The highest BCUT2D eigenvalue weighted by atomic mass is 35.5. The van der Waals surface area contributed by atoms with Crippen LogP contribution >= 0.6 is 23.2 Å². The molecular formula is C13H15Cl2NO2. The number of nitrogens with one attached hydrogen (secondary N) is 1. The van der Waals surface area contributed by atoms with Crippen molar-refractivity contribution in [2.24, 2.45) is 5.41 Å². The quantitative estimate of drug-likeness (QED) is 0.667. The van der Waals surface area contributed by atoms with Crippen LogP contribution in [0.1, 0.15) is 24.2 Å². The predicted octanol–water partition coefficient (Wildman–Crippen LogP) is 3.31. The number of carbonyl (C=O) groups is 2. The number of hydrogen-bond acceptors (Lipinski definition) is 2. The first kappa shape index (κ1) is 15.0. The topological polar surface area (TPSA) is 46.2 Å². The van der Waals surface area contributed by atoms with Crippen LogP contribution in [0, 0.1) is 5.41 Å². The second-order valence-electron chi connectivity index (χ2n) is 4.42. The van der Waals surface area contributed by atoms with E-state index >= 15 is 0 Å². The number of benzene rings is 1. The molecule has 0 fully saturated rings. The van der Waals surface area contributed by atoms with Crippen LogP contribution in [0.2, 0.25) is 0 Å². The van der Waals surface area contributed by atoms with Crippen molar-refractivity contribution in [3.05, 3.63) is 29.8 Å². The average molecular weight is 288 g/mol. The third-order valence-corrected chi connectivity index (χ3v) is 3.87. The zero-order valence-corrected chi connectivity index (χ0v) is 11.8. The summed E-state index contributed by atoms with van der Waals surface area (Å²) in [5, 5.41) is 2.73. The minimum absolute atomic E-state index is 0.0146. The molecule has 18 heavy (non-hydrogen) atoms. The molecule has 0 aromatic heterocycles. The van der Waals surface area contributed by atoms with Crippen molar-refractivity contribution in [1.82, 2.24) is 0 Å². The fraction of sp³-hybridized carbons (Fsp3) is 0.385. The number of Topliss-reactive ketones (excluding diaryl/α,β-unsaturated/α-hetero) is 1. The lowest BCUT2D eigenvalue weighted by molar-refractivity contribution is -0.122. The fourth-order valence-electron chi connectivity index (χ4n) is 1.23. The number of amides is 1. The van der Waals surface area contributed by atoms with Gasteiger partial charge in [0.1, 0.15) is 0 Å². The number of rotatable bonds is 5. The molecule has 0 saturated carbocycles. The Hall–Kier alpha value is -1.06. The molecule has 1 aromatic rings. The molecule has 0 saturated heterocycles. The van der Waals surface area contributed by atoms with Gasteiger partial charge >= 0.3 is 0 Å². The number of alkyl halides is 2. The fourth-order valence-corrected chi connectivity index (χ4v) is 1.76. The van der Waals surface area contributed by atoms with Gasteiger partial charge in [-0.3, -0.25) is 9.59 Å². The van der Waals surface area contributed by atoms with E-state index in [-0.39, 0.29) is 23.5 Å². The first-order chi connectivity index (χ1) is 8.42. The smallest absolute Gasteiger partial charge is 0.232 e. The van der Waals surface area contributed by atoms with Gasteiger partial charge in [0.15, 0.2) is 5.78 Å². The van der Waals surface area contributed by atoms with Crippen LogP contribution in [0.25, 0.3) is 0 Å². The summed E-state index contributed by atoms with van der Waals surface area (Å²) in [6.45, 7) is 3.19. The van der Waals surface area contributed by atoms with E-state index in [2.05, 4.69) is 5.32 Å². The molecule has 0 heterocycles. The molecule has 0 radical (unpaired) electrons. The highest BCUT2D eigenvalue weighted by Crippen LogP contribution is 2.23. The Morgan fingerprint density at radius 1 is 1.17 bits per heavy atom. The van der Waals surface area contributed by atoms with Crippen molar-refractivity contribution >= 4 is 40.6 Å². The molecule has 0 aliphatic rings. The van der Waals surface area contributed by atoms with Gasteiger partial charge in [-0.1, -0.05) is 0 Å². The third kappa shape index (κ3) is 3.47. The van der Waals surface area contributed by atoms with E-state index in [1.54, 1.807) is 31.2 Å². The Morgan fingerprint density at radius 3 is 2.06 bits per heavy atom. The zero-order valence-electron chi connectivity index (χ0n) is 10.3. The first-order valence-electron chi connectivity index (χ1n) is 5.47. The maximum atomic E-state index is 12.0. The van der Waals surface area contributed by atoms with Crippen molar-refractivity contribution in [3.63, 3.8) is 0 Å². The molecule has 1 amide bonds. The Bertz CT molecular complexity index is 439. The Kier molecular flexibility index (Phi) is 5.17. The van der Waals surface area contributed by atoms with E-state index in [1.165, 1.54) is 6.92 Å². The van der Waals surface area contributed by atoms with Crippen molar-refractivity contribution in [2.75, 3.05) is 17.1 Å². The zero-order chi connectivity index (χ0) is 13.8. The molecule has 0 aliphatic heterocycles. The minimum Gasteiger partial charge on any atom is -0.326 e. The number of carbonyl (C=O) groups excluding carboxylic acids is 2. The first-order valence-corrected chi connectivity index (χ1v) is 6.54. The Morgan fingerprint density at radius 2 is 1.67 bits per heavy atom. The molecular weight excluding hydrogens is 273 g/mol. The molecule has 0 unspecified atom stereocenters. The summed E-state index contributed by atoms with van der Waals surface area (Å²) < 4.78 is 0. The largest absolute Gasteiger partial charge is 0.326 e. The van der Waals surface area contributed by atoms with Crippen LogP contribution in [0.5, 0.6) is 0 Å². The average Bonchev–Trinajstić information content (AvgIpc) is 2.38. The summed E-state index contributed by atoms with van der Waals surface area (Å²) in [7, 11) is 0. The maximum absolute atomic E-state index is 12.0. The Labute approximate surface area is 116 Å². The highest BCUT2D eigenvalue weighted by molar-refractivity contribution is 6.24. The van der Waals surface area contributed by atoms with E-state index in [0.29, 0.717) is 11.3 Å². The lowest BCUT2D eigenvalue weighted by atomic mass is 9.94. The summed E-state index contributed by atoms with van der Waals surface area (Å²) in [5.41, 5.74) is 0.416. The number of anilines is 1. The standard InChI is InChI=1S/C13H15Cl2NO2/c1-9(17)10-3-5-11(6-4-10)16-12(18)13(2,7-14)8-15/h3-6H,7-8H2,1-2H3,(H,16,18). The van der Waals surface area contributed by atoms with Crippen molar-refractivity contribution < 1.29 is 9.59 Å². The Balaban J connectivity index is 2.79. The van der Waals surface area contributed by atoms with Crippen molar-refractivity contribution in [3.8, 4) is 0 Å². The van der Waals surface area contributed by atoms with Gasteiger partial charge in [0.25, 0.3) is 0 Å². The molecule has 0 spiro atoms. The van der Waals surface area contributed by atoms with Gasteiger partial charge in [-0.15, -0.1) is 23.2 Å². The van der Waals surface area contributed by atoms with Crippen LogP contribution in [-0.4, -0.2) is 23.5 Å². The molecule has 3 nitrogen and oxygen atoms in total. The summed E-state index contributed by atoms with van der Waals surface area (Å²) in [5.74, 6) is 0.0455. The molecule has 1 rings (SSSR count). The van der Waals surface area contributed by atoms with Gasteiger partial charge in [0.05, 0.1) is 5.41 Å². The van der Waals surface area contributed by atoms with Crippen LogP contribution < -0.4 is 5.32 Å². The van der Waals surface area contributed by atoms with E-state index in [9.17, 15) is 9.59 Å². The number of ketones is 1. The molecule has 1 aromatic carbocycles. The minimum atomic E-state index is -0.803. The lowest BCUT2D eigenvalue weighted by Crippen LogP contribution is -2.36. The predicted molar refractivity (Wildman–Crippen MR) is 74.6 cm³/mol. The lowest BCUT2D eigenvalue weighted by Gasteiger charge is -2.22. The van der Waals surface area contributed by atoms with Crippen molar-refractivity contribution in [2.45, 2.75) is 13.8 Å². The summed E-state index contributed by atoms with van der Waals surface area (Å²) in [6.07, 6.45) is 0. The molecule has 1 N–H and O–H groups in total. The van der Waals surface area contributed by atoms with Crippen LogP contribution in [0.15, 0.2) is 24.3 Å². The third-order valence-electron chi connectivity index (χ3n) is 2.69. The molecule has 0 bridgehead atoms. The van der Waals surface area contributed by atoms with E-state index < -0.39 is 5.41 Å². The SMILES string of the molecule is CC(=O)c1ccc(NC(=O)C(C)(CCl)CCl)cc1. The molecule has 0 atom stereocenters.